The third-order valence-corrected chi connectivity index (χ3v) is 7.60. The number of halogens is 1. The number of aryl methyl sites for hydroxylation is 2. The lowest BCUT2D eigenvalue weighted by atomic mass is 9.76. The fourth-order valence-corrected chi connectivity index (χ4v) is 5.33. The van der Waals surface area contributed by atoms with Gasteiger partial charge in [-0.1, -0.05) is 29.8 Å². The van der Waals surface area contributed by atoms with Crippen molar-refractivity contribution in [3.63, 3.8) is 0 Å². The minimum absolute atomic E-state index is 0.0454. The number of amides is 1. The predicted octanol–water partition coefficient (Wildman–Crippen LogP) is 6.61. The van der Waals surface area contributed by atoms with E-state index in [4.69, 9.17) is 21.1 Å². The molecule has 1 atom stereocenters. The summed E-state index contributed by atoms with van der Waals surface area (Å²) in [6.07, 6.45) is 1.87. The standard InChI is InChI=1S/C29H30ClNO3/c1-18-6-9-23(33-5)15-20(18)17-31-25-10-8-22(30)16-24(25)29(4,27(31)32)21-7-11-26-19(14-21)12-13-28(2,3)34-26/h6-11,14-16H,12-13,17H2,1-5H3/t29-/m0/s1. The minimum Gasteiger partial charge on any atom is -0.497 e. The lowest BCUT2D eigenvalue weighted by Gasteiger charge is -2.34. The zero-order chi connectivity index (χ0) is 24.3. The monoisotopic (exact) mass is 475 g/mol. The topological polar surface area (TPSA) is 38.8 Å². The van der Waals surface area contributed by atoms with Gasteiger partial charge >= 0.3 is 0 Å². The zero-order valence-electron chi connectivity index (χ0n) is 20.4. The quantitative estimate of drug-likeness (QED) is 0.426. The maximum atomic E-state index is 14.2. The van der Waals surface area contributed by atoms with Crippen molar-refractivity contribution in [3.05, 3.63) is 87.4 Å². The van der Waals surface area contributed by atoms with Gasteiger partial charge in [0.2, 0.25) is 5.91 Å². The molecular formula is C29H30ClNO3. The Balaban J connectivity index is 1.59. The molecule has 0 spiro atoms. The van der Waals surface area contributed by atoms with Crippen molar-refractivity contribution in [3.8, 4) is 11.5 Å². The van der Waals surface area contributed by atoms with Gasteiger partial charge in [-0.3, -0.25) is 4.79 Å². The first-order chi connectivity index (χ1) is 16.1. The molecule has 5 rings (SSSR count). The fraction of sp³-hybridized carbons (Fsp3) is 0.345. The Labute approximate surface area is 206 Å². The van der Waals surface area contributed by atoms with Crippen LogP contribution in [0.3, 0.4) is 0 Å². The molecule has 5 heteroatoms. The number of hydrogen-bond acceptors (Lipinski definition) is 3. The van der Waals surface area contributed by atoms with Gasteiger partial charge in [-0.05, 0) is 105 Å². The van der Waals surface area contributed by atoms with E-state index in [1.807, 2.05) is 60.4 Å². The molecule has 0 aromatic heterocycles. The zero-order valence-corrected chi connectivity index (χ0v) is 21.1. The van der Waals surface area contributed by atoms with E-state index >= 15 is 0 Å². The molecule has 0 unspecified atom stereocenters. The Bertz CT molecular complexity index is 1300. The summed E-state index contributed by atoms with van der Waals surface area (Å²) >= 11 is 6.44. The molecule has 0 radical (unpaired) electrons. The van der Waals surface area contributed by atoms with Crippen LogP contribution >= 0.6 is 11.6 Å². The van der Waals surface area contributed by atoms with Crippen molar-refractivity contribution in [2.24, 2.45) is 0 Å². The maximum Gasteiger partial charge on any atom is 0.242 e. The second kappa shape index (κ2) is 8.06. The number of fused-ring (bicyclic) bond motifs is 2. The van der Waals surface area contributed by atoms with Crippen molar-refractivity contribution in [1.29, 1.82) is 0 Å². The van der Waals surface area contributed by atoms with Crippen molar-refractivity contribution in [2.45, 2.75) is 58.1 Å². The molecule has 4 nitrogen and oxygen atoms in total. The molecule has 2 aliphatic rings. The first-order valence-electron chi connectivity index (χ1n) is 11.7. The molecular weight excluding hydrogens is 446 g/mol. The van der Waals surface area contributed by atoms with E-state index in [1.54, 1.807) is 7.11 Å². The fourth-order valence-electron chi connectivity index (χ4n) is 5.16. The maximum absolute atomic E-state index is 14.2. The highest BCUT2D eigenvalue weighted by Crippen LogP contribution is 2.49. The Kier molecular flexibility index (Phi) is 5.40. The Hall–Kier alpha value is -2.98. The van der Waals surface area contributed by atoms with Gasteiger partial charge in [0.25, 0.3) is 0 Å². The molecule has 34 heavy (non-hydrogen) atoms. The van der Waals surface area contributed by atoms with Crippen molar-refractivity contribution in [2.75, 3.05) is 12.0 Å². The average molecular weight is 476 g/mol. The molecule has 176 valence electrons. The molecule has 0 N–H and O–H groups in total. The summed E-state index contributed by atoms with van der Waals surface area (Å²) < 4.78 is 11.6. The number of methoxy groups -OCH3 is 1. The number of carbonyl (C=O) groups is 1. The molecule has 0 saturated heterocycles. The van der Waals surface area contributed by atoms with Crippen LogP contribution < -0.4 is 14.4 Å². The second-order valence-corrected chi connectivity index (χ2v) is 10.6. The van der Waals surface area contributed by atoms with Crippen LogP contribution in [-0.4, -0.2) is 18.6 Å². The number of nitrogens with zero attached hydrogens (tertiary/aromatic N) is 1. The first kappa shape index (κ1) is 22.8. The van der Waals surface area contributed by atoms with Gasteiger partial charge in [-0.2, -0.15) is 0 Å². The molecule has 0 aliphatic carbocycles. The lowest BCUT2D eigenvalue weighted by molar-refractivity contribution is -0.121. The molecule has 3 aromatic carbocycles. The van der Waals surface area contributed by atoms with E-state index in [-0.39, 0.29) is 11.5 Å². The second-order valence-electron chi connectivity index (χ2n) is 10.2. The van der Waals surface area contributed by atoms with E-state index in [0.717, 1.165) is 57.8 Å². The van der Waals surface area contributed by atoms with Crippen LogP contribution in [0.2, 0.25) is 5.02 Å². The van der Waals surface area contributed by atoms with Crippen LogP contribution in [0.5, 0.6) is 11.5 Å². The SMILES string of the molecule is COc1ccc(C)c(CN2C(=O)[C@@](C)(c3ccc4c(c3)CCC(C)(C)O4)c3cc(Cl)ccc32)c1. The third-order valence-electron chi connectivity index (χ3n) is 7.37. The van der Waals surface area contributed by atoms with Crippen molar-refractivity contribution in [1.82, 2.24) is 0 Å². The Morgan fingerprint density at radius 3 is 2.62 bits per heavy atom. The van der Waals surface area contributed by atoms with E-state index in [0.29, 0.717) is 11.6 Å². The largest absolute Gasteiger partial charge is 0.497 e. The van der Waals surface area contributed by atoms with Crippen molar-refractivity contribution < 1.29 is 14.3 Å². The molecule has 0 saturated carbocycles. The van der Waals surface area contributed by atoms with E-state index in [9.17, 15) is 4.79 Å². The van der Waals surface area contributed by atoms with Crippen LogP contribution in [0.15, 0.2) is 54.6 Å². The summed E-state index contributed by atoms with van der Waals surface area (Å²) in [5, 5.41) is 0.625. The van der Waals surface area contributed by atoms with Crippen LogP contribution in [0.4, 0.5) is 5.69 Å². The Morgan fingerprint density at radius 2 is 1.85 bits per heavy atom. The number of benzene rings is 3. The number of hydrogen-bond donors (Lipinski definition) is 0. The van der Waals surface area contributed by atoms with Crippen molar-refractivity contribution >= 4 is 23.2 Å². The summed E-state index contributed by atoms with van der Waals surface area (Å²) in [4.78, 5) is 16.0. The summed E-state index contributed by atoms with van der Waals surface area (Å²) in [5.41, 5.74) is 5.11. The van der Waals surface area contributed by atoms with Gasteiger partial charge < -0.3 is 14.4 Å². The van der Waals surface area contributed by atoms with Gasteiger partial charge in [-0.25, -0.2) is 0 Å². The van der Waals surface area contributed by atoms with E-state index in [1.165, 1.54) is 0 Å². The third kappa shape index (κ3) is 3.65. The highest BCUT2D eigenvalue weighted by atomic mass is 35.5. The highest BCUT2D eigenvalue weighted by Gasteiger charge is 2.49. The number of rotatable bonds is 4. The van der Waals surface area contributed by atoms with Gasteiger partial charge in [0.1, 0.15) is 17.1 Å². The molecule has 2 aliphatic heterocycles. The highest BCUT2D eigenvalue weighted by molar-refractivity contribution is 6.31. The molecule has 1 amide bonds. The van der Waals surface area contributed by atoms with Crippen LogP contribution in [-0.2, 0) is 23.2 Å². The number of carbonyl (C=O) groups excluding carboxylic acids is 1. The predicted molar refractivity (Wildman–Crippen MR) is 136 cm³/mol. The molecule has 0 bridgehead atoms. The summed E-state index contributed by atoms with van der Waals surface area (Å²) in [6.45, 7) is 8.76. The van der Waals surface area contributed by atoms with Gasteiger partial charge in [0.05, 0.1) is 19.1 Å². The van der Waals surface area contributed by atoms with Crippen LogP contribution in [0, 0.1) is 6.92 Å². The molecule has 0 fully saturated rings. The Morgan fingerprint density at radius 1 is 1.06 bits per heavy atom. The van der Waals surface area contributed by atoms with E-state index < -0.39 is 5.41 Å². The lowest BCUT2D eigenvalue weighted by Crippen LogP contribution is -2.39. The van der Waals surface area contributed by atoms with Gasteiger partial charge in [0.15, 0.2) is 0 Å². The number of anilines is 1. The first-order valence-corrected chi connectivity index (χ1v) is 12.1. The molecule has 3 aromatic rings. The average Bonchev–Trinajstić information content (AvgIpc) is 3.01. The van der Waals surface area contributed by atoms with Crippen LogP contribution in [0.1, 0.15) is 55.0 Å². The number of ether oxygens (including phenoxy) is 2. The van der Waals surface area contributed by atoms with Gasteiger partial charge in [0, 0.05) is 10.7 Å². The molecule has 2 heterocycles. The summed E-state index contributed by atoms with van der Waals surface area (Å²) in [7, 11) is 1.66. The van der Waals surface area contributed by atoms with Crippen LogP contribution in [0.25, 0.3) is 0 Å². The minimum atomic E-state index is -0.838. The van der Waals surface area contributed by atoms with Gasteiger partial charge in [-0.15, -0.1) is 0 Å². The smallest absolute Gasteiger partial charge is 0.242 e. The normalized spacial score (nSPS) is 20.5. The summed E-state index contributed by atoms with van der Waals surface area (Å²) in [5.74, 6) is 1.73. The van der Waals surface area contributed by atoms with E-state index in [2.05, 4.69) is 26.8 Å². The summed E-state index contributed by atoms with van der Waals surface area (Å²) in [6, 6.07) is 17.9.